The average molecular weight is 289 g/mol. The largest absolute Gasteiger partial charge is 0.338 e. The van der Waals surface area contributed by atoms with Crippen LogP contribution in [0, 0.1) is 18.6 Å². The molecule has 0 fully saturated rings. The molecule has 102 valence electrons. The lowest BCUT2D eigenvalue weighted by molar-refractivity contribution is 0.372. The molecule has 6 nitrogen and oxygen atoms in total. The lowest BCUT2D eigenvalue weighted by Gasteiger charge is -2.04. The van der Waals surface area contributed by atoms with Crippen molar-refractivity contribution in [1.82, 2.24) is 14.9 Å². The molecule has 0 bridgehead atoms. The minimum absolute atomic E-state index is 0.0537. The number of aromatic nitrogens is 2. The Labute approximate surface area is 107 Å². The average Bonchev–Trinajstić information content (AvgIpc) is 2.71. The molecule has 1 N–H and O–H groups in total. The molecule has 1 aromatic carbocycles. The monoisotopic (exact) mass is 289 g/mol. The van der Waals surface area contributed by atoms with Crippen LogP contribution in [0.2, 0.25) is 0 Å². The molecule has 9 heteroatoms. The maximum atomic E-state index is 13.0. The van der Waals surface area contributed by atoms with Crippen LogP contribution in [0.3, 0.4) is 0 Å². The van der Waals surface area contributed by atoms with Crippen LogP contribution in [-0.2, 0) is 16.6 Å². The van der Waals surface area contributed by atoms with Gasteiger partial charge in [-0.05, 0) is 19.1 Å². The van der Waals surface area contributed by atoms with Crippen molar-refractivity contribution in [3.05, 3.63) is 41.5 Å². The van der Waals surface area contributed by atoms with Gasteiger partial charge in [-0.15, -0.1) is 0 Å². The fraction of sp³-hybridized carbons (Fsp3) is 0.200. The number of nitrogens with one attached hydrogen (secondary N) is 1. The van der Waals surface area contributed by atoms with Gasteiger partial charge in [0, 0.05) is 6.07 Å². The van der Waals surface area contributed by atoms with Crippen molar-refractivity contribution in [2.45, 2.75) is 18.4 Å². The van der Waals surface area contributed by atoms with Crippen LogP contribution in [0.1, 0.15) is 11.7 Å². The number of hydrogen-bond donors (Lipinski definition) is 1. The SMILES string of the molecule is Cc1noc(CNS(=O)(=O)c2cc(F)cc(F)c2)n1. The molecule has 0 atom stereocenters. The third kappa shape index (κ3) is 3.32. The predicted octanol–water partition coefficient (Wildman–Crippen LogP) is 1.13. The number of benzene rings is 1. The van der Waals surface area contributed by atoms with E-state index in [0.29, 0.717) is 24.0 Å². The first-order valence-corrected chi connectivity index (χ1v) is 6.60. The molecule has 0 aliphatic heterocycles. The maximum absolute atomic E-state index is 13.0. The molecule has 0 amide bonds. The van der Waals surface area contributed by atoms with Crippen LogP contribution in [0.15, 0.2) is 27.6 Å². The van der Waals surface area contributed by atoms with Gasteiger partial charge in [0.2, 0.25) is 15.9 Å². The highest BCUT2D eigenvalue weighted by Gasteiger charge is 2.17. The van der Waals surface area contributed by atoms with Gasteiger partial charge in [-0.1, -0.05) is 5.16 Å². The second-order valence-corrected chi connectivity index (χ2v) is 5.43. The second-order valence-electron chi connectivity index (χ2n) is 3.67. The van der Waals surface area contributed by atoms with Crippen molar-refractivity contribution in [2.24, 2.45) is 0 Å². The van der Waals surface area contributed by atoms with E-state index in [4.69, 9.17) is 4.52 Å². The summed E-state index contributed by atoms with van der Waals surface area (Å²) in [5.74, 6) is -1.55. The first-order valence-electron chi connectivity index (χ1n) is 5.12. The Morgan fingerprint density at radius 3 is 2.42 bits per heavy atom. The molecule has 0 saturated carbocycles. The molecule has 0 aliphatic carbocycles. The Bertz CT molecular complexity index is 680. The van der Waals surface area contributed by atoms with Crippen molar-refractivity contribution >= 4 is 10.0 Å². The van der Waals surface area contributed by atoms with E-state index in [0.717, 1.165) is 0 Å². The fourth-order valence-electron chi connectivity index (χ4n) is 1.34. The van der Waals surface area contributed by atoms with Crippen molar-refractivity contribution < 1.29 is 21.7 Å². The van der Waals surface area contributed by atoms with Crippen LogP contribution in [-0.4, -0.2) is 18.6 Å². The van der Waals surface area contributed by atoms with E-state index in [-0.39, 0.29) is 12.4 Å². The van der Waals surface area contributed by atoms with Gasteiger partial charge in [0.25, 0.3) is 0 Å². The summed E-state index contributed by atoms with van der Waals surface area (Å²) < 4.78 is 56.3. The number of halogens is 2. The first-order chi connectivity index (χ1) is 8.87. The summed E-state index contributed by atoms with van der Waals surface area (Å²) in [5.41, 5.74) is 0. The summed E-state index contributed by atoms with van der Waals surface area (Å²) in [5, 5.41) is 3.48. The van der Waals surface area contributed by atoms with E-state index in [1.54, 1.807) is 6.92 Å². The van der Waals surface area contributed by atoms with Gasteiger partial charge in [-0.25, -0.2) is 21.9 Å². The molecular weight excluding hydrogens is 280 g/mol. The summed E-state index contributed by atoms with van der Waals surface area (Å²) in [6, 6.07) is 2.01. The Kier molecular flexibility index (Phi) is 3.58. The minimum atomic E-state index is -4.05. The third-order valence-electron chi connectivity index (χ3n) is 2.13. The van der Waals surface area contributed by atoms with Crippen LogP contribution in [0.4, 0.5) is 8.78 Å². The minimum Gasteiger partial charge on any atom is -0.338 e. The Morgan fingerprint density at radius 2 is 1.89 bits per heavy atom. The summed E-state index contributed by atoms with van der Waals surface area (Å²) in [6.07, 6.45) is 0. The molecule has 2 aromatic rings. The Morgan fingerprint density at radius 1 is 1.26 bits per heavy atom. The second kappa shape index (κ2) is 5.02. The van der Waals surface area contributed by atoms with Crippen molar-refractivity contribution in [3.63, 3.8) is 0 Å². The van der Waals surface area contributed by atoms with Crippen molar-refractivity contribution in [1.29, 1.82) is 0 Å². The molecule has 2 rings (SSSR count). The van der Waals surface area contributed by atoms with E-state index < -0.39 is 26.6 Å². The molecular formula is C10H9F2N3O3S. The van der Waals surface area contributed by atoms with Crippen molar-refractivity contribution in [2.75, 3.05) is 0 Å². The highest BCUT2D eigenvalue weighted by Crippen LogP contribution is 2.13. The van der Waals surface area contributed by atoms with Gasteiger partial charge in [-0.3, -0.25) is 0 Å². The highest BCUT2D eigenvalue weighted by atomic mass is 32.2. The fourth-order valence-corrected chi connectivity index (χ4v) is 2.35. The number of rotatable bonds is 4. The summed E-state index contributed by atoms with van der Waals surface area (Å²) in [6.45, 7) is 1.31. The maximum Gasteiger partial charge on any atom is 0.241 e. The summed E-state index contributed by atoms with van der Waals surface area (Å²) >= 11 is 0. The normalized spacial score (nSPS) is 11.7. The van der Waals surface area contributed by atoms with Crippen LogP contribution >= 0.6 is 0 Å². The molecule has 1 heterocycles. The van der Waals surface area contributed by atoms with Gasteiger partial charge < -0.3 is 4.52 Å². The van der Waals surface area contributed by atoms with Gasteiger partial charge in [0.1, 0.15) is 11.6 Å². The number of hydrogen-bond acceptors (Lipinski definition) is 5. The van der Waals surface area contributed by atoms with Gasteiger partial charge in [0.15, 0.2) is 5.82 Å². The smallest absolute Gasteiger partial charge is 0.241 e. The van der Waals surface area contributed by atoms with Crippen LogP contribution < -0.4 is 4.72 Å². The lowest BCUT2D eigenvalue weighted by Crippen LogP contribution is -2.23. The quantitative estimate of drug-likeness (QED) is 0.912. The van der Waals surface area contributed by atoms with Gasteiger partial charge in [-0.2, -0.15) is 4.98 Å². The molecule has 0 radical (unpaired) electrons. The summed E-state index contributed by atoms with van der Waals surface area (Å²) in [7, 11) is -4.05. The van der Waals surface area contributed by atoms with E-state index in [2.05, 4.69) is 14.9 Å². The first kappa shape index (κ1) is 13.6. The Hall–Kier alpha value is -1.87. The molecule has 0 unspecified atom stereocenters. The predicted molar refractivity (Wildman–Crippen MR) is 59.4 cm³/mol. The van der Waals surface area contributed by atoms with Crippen molar-refractivity contribution in [3.8, 4) is 0 Å². The lowest BCUT2D eigenvalue weighted by atomic mass is 10.3. The standard InChI is InChI=1S/C10H9F2N3O3S/c1-6-14-10(18-15-6)5-13-19(16,17)9-3-7(11)2-8(12)4-9/h2-4,13H,5H2,1H3. The molecule has 0 spiro atoms. The molecule has 19 heavy (non-hydrogen) atoms. The zero-order valence-electron chi connectivity index (χ0n) is 9.72. The van der Waals surface area contributed by atoms with E-state index in [9.17, 15) is 17.2 Å². The summed E-state index contributed by atoms with van der Waals surface area (Å²) in [4.78, 5) is 3.28. The third-order valence-corrected chi connectivity index (χ3v) is 3.51. The molecule has 0 aliphatic rings. The molecule has 1 aromatic heterocycles. The van der Waals surface area contributed by atoms with E-state index in [1.165, 1.54) is 0 Å². The van der Waals surface area contributed by atoms with Crippen LogP contribution in [0.25, 0.3) is 0 Å². The van der Waals surface area contributed by atoms with Gasteiger partial charge in [0.05, 0.1) is 11.4 Å². The number of aryl methyl sites for hydroxylation is 1. The Balaban J connectivity index is 2.18. The van der Waals surface area contributed by atoms with Crippen LogP contribution in [0.5, 0.6) is 0 Å². The topological polar surface area (TPSA) is 85.1 Å². The zero-order valence-corrected chi connectivity index (χ0v) is 10.5. The van der Waals surface area contributed by atoms with Gasteiger partial charge >= 0.3 is 0 Å². The zero-order chi connectivity index (χ0) is 14.0. The number of sulfonamides is 1. The van der Waals surface area contributed by atoms with E-state index >= 15 is 0 Å². The number of nitrogens with zero attached hydrogens (tertiary/aromatic N) is 2. The highest BCUT2D eigenvalue weighted by molar-refractivity contribution is 7.89. The van der Waals surface area contributed by atoms with E-state index in [1.807, 2.05) is 0 Å². The molecule has 0 saturated heterocycles.